The van der Waals surface area contributed by atoms with Crippen molar-refractivity contribution in [1.29, 1.82) is 0 Å². The third-order valence-corrected chi connectivity index (χ3v) is 4.18. The smallest absolute Gasteiger partial charge is 0.291 e. The van der Waals surface area contributed by atoms with Gasteiger partial charge in [0.2, 0.25) is 0 Å². The lowest BCUT2D eigenvalue weighted by atomic mass is 10.2. The topological polar surface area (TPSA) is 51.5 Å². The Morgan fingerprint density at radius 3 is 2.72 bits per heavy atom. The Labute approximate surface area is 151 Å². The summed E-state index contributed by atoms with van der Waals surface area (Å²) in [5.74, 6) is 1.24. The number of hydrogen-bond acceptors (Lipinski definition) is 3. The van der Waals surface area contributed by atoms with Crippen LogP contribution in [0.1, 0.15) is 27.4 Å². The van der Waals surface area contributed by atoms with Gasteiger partial charge in [0.25, 0.3) is 5.91 Å². The third kappa shape index (κ3) is 4.22. The second-order valence-corrected chi connectivity index (χ2v) is 6.14. The number of rotatable bonds is 5. The quantitative estimate of drug-likeness (QED) is 0.668. The van der Waals surface area contributed by atoms with Crippen molar-refractivity contribution in [1.82, 2.24) is 0 Å². The fourth-order valence-corrected chi connectivity index (χ4v) is 2.54. The first-order chi connectivity index (χ1) is 12.0. The summed E-state index contributed by atoms with van der Waals surface area (Å²) in [5, 5.41) is 3.41. The highest BCUT2D eigenvalue weighted by Gasteiger charge is 2.13. The van der Waals surface area contributed by atoms with E-state index >= 15 is 0 Å². The van der Waals surface area contributed by atoms with E-state index in [1.54, 1.807) is 30.3 Å². The molecule has 1 N–H and O–H groups in total. The van der Waals surface area contributed by atoms with Gasteiger partial charge in [-0.05, 0) is 61.4 Å². The molecule has 0 saturated heterocycles. The number of benzene rings is 2. The predicted octanol–water partition coefficient (Wildman–Crippen LogP) is 5.38. The lowest BCUT2D eigenvalue weighted by molar-refractivity contribution is 0.0992. The van der Waals surface area contributed by atoms with E-state index in [-0.39, 0.29) is 18.3 Å². The third-order valence-electron chi connectivity index (χ3n) is 3.77. The van der Waals surface area contributed by atoms with E-state index in [9.17, 15) is 4.79 Å². The molecule has 4 nitrogen and oxygen atoms in total. The average molecular weight is 356 g/mol. The number of carbonyl (C=O) groups is 1. The van der Waals surface area contributed by atoms with E-state index in [0.717, 1.165) is 16.9 Å². The van der Waals surface area contributed by atoms with Crippen molar-refractivity contribution >= 4 is 23.2 Å². The maximum atomic E-state index is 12.3. The summed E-state index contributed by atoms with van der Waals surface area (Å²) in [6.07, 6.45) is 0. The van der Waals surface area contributed by atoms with Crippen LogP contribution in [-0.2, 0) is 6.61 Å². The zero-order chi connectivity index (χ0) is 17.8. The first kappa shape index (κ1) is 17.1. The highest BCUT2D eigenvalue weighted by atomic mass is 35.5. The van der Waals surface area contributed by atoms with Crippen LogP contribution < -0.4 is 10.1 Å². The molecule has 1 heterocycles. The van der Waals surface area contributed by atoms with Crippen molar-refractivity contribution in [3.05, 3.63) is 82.3 Å². The van der Waals surface area contributed by atoms with E-state index in [0.29, 0.717) is 16.5 Å². The number of halogens is 1. The molecule has 2 aromatic carbocycles. The summed E-state index contributed by atoms with van der Waals surface area (Å²) in [7, 11) is 0. The Balaban J connectivity index is 1.64. The van der Waals surface area contributed by atoms with Crippen molar-refractivity contribution in [2.45, 2.75) is 20.5 Å². The Hall–Kier alpha value is -2.72. The van der Waals surface area contributed by atoms with E-state index < -0.39 is 0 Å². The van der Waals surface area contributed by atoms with Crippen LogP contribution >= 0.6 is 11.6 Å². The number of ether oxygens (including phenoxy) is 1. The van der Waals surface area contributed by atoms with E-state index in [2.05, 4.69) is 5.32 Å². The van der Waals surface area contributed by atoms with Crippen LogP contribution in [0, 0.1) is 13.8 Å². The number of nitrogens with one attached hydrogen (secondary N) is 1. The molecular formula is C20H18ClNO3. The monoisotopic (exact) mass is 355 g/mol. The maximum Gasteiger partial charge on any atom is 0.291 e. The Morgan fingerprint density at radius 1 is 1.12 bits per heavy atom. The van der Waals surface area contributed by atoms with Crippen LogP contribution in [0.15, 0.2) is 59.0 Å². The fourth-order valence-electron chi connectivity index (χ4n) is 2.36. The second kappa shape index (κ2) is 7.45. The Morgan fingerprint density at radius 2 is 1.92 bits per heavy atom. The molecule has 1 aromatic heterocycles. The van der Waals surface area contributed by atoms with E-state index in [4.69, 9.17) is 20.8 Å². The van der Waals surface area contributed by atoms with Crippen molar-refractivity contribution < 1.29 is 13.9 Å². The summed E-state index contributed by atoms with van der Waals surface area (Å²) in [5.41, 5.74) is 2.59. The minimum absolute atomic E-state index is 0.224. The van der Waals surface area contributed by atoms with Crippen LogP contribution in [0.4, 0.5) is 5.69 Å². The van der Waals surface area contributed by atoms with Gasteiger partial charge in [0.15, 0.2) is 5.76 Å². The molecule has 3 aromatic rings. The summed E-state index contributed by atoms with van der Waals surface area (Å²) in [4.78, 5) is 12.3. The number of amides is 1. The van der Waals surface area contributed by atoms with Gasteiger partial charge < -0.3 is 14.5 Å². The van der Waals surface area contributed by atoms with Gasteiger partial charge in [0, 0.05) is 10.7 Å². The van der Waals surface area contributed by atoms with Gasteiger partial charge >= 0.3 is 0 Å². The molecule has 0 saturated carbocycles. The minimum atomic E-state index is -0.327. The molecule has 0 atom stereocenters. The van der Waals surface area contributed by atoms with Crippen molar-refractivity contribution in [2.75, 3.05) is 5.32 Å². The summed E-state index contributed by atoms with van der Waals surface area (Å²) in [6.45, 7) is 4.11. The summed E-state index contributed by atoms with van der Waals surface area (Å²) < 4.78 is 11.2. The summed E-state index contributed by atoms with van der Waals surface area (Å²) >= 11 is 6.07. The Kier molecular flexibility index (Phi) is 5.10. The van der Waals surface area contributed by atoms with Gasteiger partial charge in [0.1, 0.15) is 18.1 Å². The normalized spacial score (nSPS) is 10.5. The van der Waals surface area contributed by atoms with Gasteiger partial charge in [-0.2, -0.15) is 0 Å². The maximum absolute atomic E-state index is 12.3. The lowest BCUT2D eigenvalue weighted by Crippen LogP contribution is -2.12. The first-order valence-electron chi connectivity index (χ1n) is 7.87. The van der Waals surface area contributed by atoms with Crippen LogP contribution in [0.3, 0.4) is 0 Å². The highest BCUT2D eigenvalue weighted by Crippen LogP contribution is 2.24. The van der Waals surface area contributed by atoms with Gasteiger partial charge in [-0.3, -0.25) is 4.79 Å². The molecule has 0 bridgehead atoms. The number of anilines is 1. The van der Waals surface area contributed by atoms with Crippen molar-refractivity contribution in [2.24, 2.45) is 0 Å². The first-order valence-corrected chi connectivity index (χ1v) is 8.25. The molecule has 0 unspecified atom stereocenters. The predicted molar refractivity (Wildman–Crippen MR) is 98.4 cm³/mol. The summed E-state index contributed by atoms with van der Waals surface area (Å²) in [6, 6.07) is 16.5. The molecule has 0 aliphatic rings. The average Bonchev–Trinajstić information content (AvgIpc) is 3.06. The van der Waals surface area contributed by atoms with Crippen molar-refractivity contribution in [3.8, 4) is 5.75 Å². The van der Waals surface area contributed by atoms with Gasteiger partial charge in [-0.15, -0.1) is 0 Å². The molecule has 0 spiro atoms. The molecule has 1 amide bonds. The molecule has 0 fully saturated rings. The molecule has 0 aliphatic heterocycles. The number of hydrogen-bond donors (Lipinski definition) is 1. The minimum Gasteiger partial charge on any atom is -0.486 e. The highest BCUT2D eigenvalue weighted by molar-refractivity contribution is 6.31. The number of carbonyl (C=O) groups excluding carboxylic acids is 1. The molecular weight excluding hydrogens is 338 g/mol. The number of aryl methyl sites for hydroxylation is 1. The van der Waals surface area contributed by atoms with Crippen LogP contribution in [0.25, 0.3) is 0 Å². The lowest BCUT2D eigenvalue weighted by Gasteiger charge is -2.08. The zero-order valence-corrected chi connectivity index (χ0v) is 14.8. The van der Waals surface area contributed by atoms with Gasteiger partial charge in [0.05, 0.1) is 0 Å². The van der Waals surface area contributed by atoms with Crippen LogP contribution in [0.5, 0.6) is 5.75 Å². The van der Waals surface area contributed by atoms with Crippen molar-refractivity contribution in [3.63, 3.8) is 0 Å². The van der Waals surface area contributed by atoms with Crippen LogP contribution in [0.2, 0.25) is 5.02 Å². The number of furan rings is 1. The SMILES string of the molecule is Cc1cccc(OCc2ccc(C(=O)Nc3cccc(Cl)c3C)o2)c1. The van der Waals surface area contributed by atoms with Gasteiger partial charge in [-0.1, -0.05) is 29.8 Å². The largest absolute Gasteiger partial charge is 0.486 e. The van der Waals surface area contributed by atoms with Crippen LogP contribution in [-0.4, -0.2) is 5.91 Å². The fraction of sp³-hybridized carbons (Fsp3) is 0.150. The molecule has 0 aliphatic carbocycles. The van der Waals surface area contributed by atoms with E-state index in [1.165, 1.54) is 0 Å². The molecule has 0 radical (unpaired) electrons. The molecule has 128 valence electrons. The Bertz CT molecular complexity index is 901. The van der Waals surface area contributed by atoms with E-state index in [1.807, 2.05) is 38.1 Å². The molecule has 25 heavy (non-hydrogen) atoms. The molecule has 3 rings (SSSR count). The zero-order valence-electron chi connectivity index (χ0n) is 14.0. The second-order valence-electron chi connectivity index (χ2n) is 5.74. The molecule has 5 heteroatoms. The standard InChI is InChI=1S/C20H18ClNO3/c1-13-5-3-6-15(11-13)24-12-16-9-10-19(25-16)20(23)22-18-8-4-7-17(21)14(18)2/h3-11H,12H2,1-2H3,(H,22,23). The van der Waals surface area contributed by atoms with Gasteiger partial charge in [-0.25, -0.2) is 0 Å².